The molecule has 0 bridgehead atoms. The highest BCUT2D eigenvalue weighted by atomic mass is 16.7. The van der Waals surface area contributed by atoms with Gasteiger partial charge in [-0.15, -0.1) is 0 Å². The van der Waals surface area contributed by atoms with Gasteiger partial charge in [-0.3, -0.25) is 4.79 Å². The van der Waals surface area contributed by atoms with Gasteiger partial charge in [0, 0.05) is 6.42 Å². The largest absolute Gasteiger partial charge is 0.394 e. The van der Waals surface area contributed by atoms with E-state index in [9.17, 15) is 30.3 Å². The second-order valence-electron chi connectivity index (χ2n) is 16.2. The Labute approximate surface area is 337 Å². The van der Waals surface area contributed by atoms with E-state index in [0.717, 1.165) is 38.5 Å². The van der Waals surface area contributed by atoms with Crippen molar-refractivity contribution in [1.82, 2.24) is 5.32 Å². The standard InChI is InChI=1S/C46H87NO8/c1-3-5-7-9-11-13-15-17-18-19-20-21-22-23-24-25-27-29-31-33-35-40(49)39(38-54-46-45(53)44(52)43(51)41(37-48)55-46)47-42(50)36-34-32-30-28-26-16-14-12-10-8-6-4-2/h25,27,33,35,39-41,43-46,48-49,51-53H,3-24,26,28-32,34,36-38H2,1-2H3,(H,47,50)/b27-25+,35-33+. The van der Waals surface area contributed by atoms with Gasteiger partial charge in [-0.1, -0.05) is 192 Å². The summed E-state index contributed by atoms with van der Waals surface area (Å²) in [6.45, 7) is 3.75. The van der Waals surface area contributed by atoms with E-state index >= 15 is 0 Å². The molecule has 1 saturated heterocycles. The van der Waals surface area contributed by atoms with E-state index in [1.807, 2.05) is 6.08 Å². The molecular weight excluding hydrogens is 695 g/mol. The molecule has 7 unspecified atom stereocenters. The Balaban J connectivity index is 2.36. The summed E-state index contributed by atoms with van der Waals surface area (Å²) in [5, 5.41) is 54.1. The molecule has 9 nitrogen and oxygen atoms in total. The molecule has 9 heteroatoms. The van der Waals surface area contributed by atoms with Crippen LogP contribution in [-0.4, -0.2) is 87.5 Å². The predicted octanol–water partition coefficient (Wildman–Crippen LogP) is 9.50. The van der Waals surface area contributed by atoms with Gasteiger partial charge in [0.15, 0.2) is 6.29 Å². The highest BCUT2D eigenvalue weighted by Gasteiger charge is 2.44. The average molecular weight is 782 g/mol. The molecule has 0 aromatic rings. The second-order valence-corrected chi connectivity index (χ2v) is 16.2. The lowest BCUT2D eigenvalue weighted by Crippen LogP contribution is -2.60. The maximum Gasteiger partial charge on any atom is 0.220 e. The molecule has 0 aromatic heterocycles. The molecule has 55 heavy (non-hydrogen) atoms. The van der Waals surface area contributed by atoms with Gasteiger partial charge in [0.05, 0.1) is 25.4 Å². The van der Waals surface area contributed by atoms with Crippen molar-refractivity contribution in [2.24, 2.45) is 0 Å². The van der Waals surface area contributed by atoms with E-state index in [1.54, 1.807) is 6.08 Å². The zero-order valence-electron chi connectivity index (χ0n) is 35.4. The van der Waals surface area contributed by atoms with Crippen LogP contribution >= 0.6 is 0 Å². The van der Waals surface area contributed by atoms with Gasteiger partial charge < -0.3 is 40.3 Å². The third-order valence-corrected chi connectivity index (χ3v) is 11.0. The Morgan fingerprint density at radius 1 is 0.600 bits per heavy atom. The van der Waals surface area contributed by atoms with E-state index < -0.39 is 49.5 Å². The van der Waals surface area contributed by atoms with Gasteiger partial charge in [0.1, 0.15) is 24.4 Å². The number of allylic oxidation sites excluding steroid dienone is 3. The van der Waals surface area contributed by atoms with Gasteiger partial charge in [-0.2, -0.15) is 0 Å². The number of amides is 1. The maximum atomic E-state index is 12.9. The zero-order chi connectivity index (χ0) is 40.2. The number of aliphatic hydroxyl groups is 5. The van der Waals surface area contributed by atoms with E-state index in [-0.39, 0.29) is 12.5 Å². The Hall–Kier alpha value is -1.33. The van der Waals surface area contributed by atoms with Gasteiger partial charge in [-0.05, 0) is 32.1 Å². The lowest BCUT2D eigenvalue weighted by molar-refractivity contribution is -0.302. The van der Waals surface area contributed by atoms with Crippen LogP contribution in [0.2, 0.25) is 0 Å². The number of hydrogen-bond donors (Lipinski definition) is 6. The van der Waals surface area contributed by atoms with Gasteiger partial charge >= 0.3 is 0 Å². The molecule has 6 N–H and O–H groups in total. The van der Waals surface area contributed by atoms with Crippen molar-refractivity contribution in [2.45, 2.75) is 249 Å². The fourth-order valence-electron chi connectivity index (χ4n) is 7.29. The lowest BCUT2D eigenvalue weighted by atomic mass is 9.99. The second kappa shape index (κ2) is 37.0. The molecule has 324 valence electrons. The molecule has 0 spiro atoms. The van der Waals surface area contributed by atoms with Crippen molar-refractivity contribution < 1.29 is 39.8 Å². The minimum Gasteiger partial charge on any atom is -0.394 e. The van der Waals surface area contributed by atoms with Crippen molar-refractivity contribution in [2.75, 3.05) is 13.2 Å². The zero-order valence-corrected chi connectivity index (χ0v) is 35.4. The topological polar surface area (TPSA) is 149 Å². The Morgan fingerprint density at radius 2 is 1.04 bits per heavy atom. The van der Waals surface area contributed by atoms with Crippen LogP contribution in [0.1, 0.15) is 206 Å². The number of carbonyl (C=O) groups is 1. The van der Waals surface area contributed by atoms with Crippen LogP contribution in [0.15, 0.2) is 24.3 Å². The Kier molecular flexibility index (Phi) is 34.7. The lowest BCUT2D eigenvalue weighted by Gasteiger charge is -2.40. The van der Waals surface area contributed by atoms with Crippen LogP contribution in [-0.2, 0) is 14.3 Å². The number of ether oxygens (including phenoxy) is 2. The smallest absolute Gasteiger partial charge is 0.220 e. The first kappa shape index (κ1) is 51.7. The highest BCUT2D eigenvalue weighted by molar-refractivity contribution is 5.76. The normalized spacial score (nSPS) is 21.5. The number of nitrogens with one attached hydrogen (secondary N) is 1. The van der Waals surface area contributed by atoms with E-state index in [1.165, 1.54) is 148 Å². The molecule has 1 fully saturated rings. The average Bonchev–Trinajstić information content (AvgIpc) is 3.18. The van der Waals surface area contributed by atoms with Gasteiger partial charge in [0.2, 0.25) is 5.91 Å². The quantitative estimate of drug-likeness (QED) is 0.0268. The van der Waals surface area contributed by atoms with Crippen LogP contribution in [0.4, 0.5) is 0 Å². The predicted molar refractivity (Wildman–Crippen MR) is 226 cm³/mol. The number of hydrogen-bond acceptors (Lipinski definition) is 8. The van der Waals surface area contributed by atoms with Gasteiger partial charge in [-0.25, -0.2) is 0 Å². The molecular formula is C46H87NO8. The van der Waals surface area contributed by atoms with Crippen LogP contribution < -0.4 is 5.32 Å². The van der Waals surface area contributed by atoms with E-state index in [2.05, 4.69) is 31.3 Å². The number of rotatable bonds is 38. The maximum absolute atomic E-state index is 12.9. The molecule has 0 aliphatic carbocycles. The Bertz CT molecular complexity index is 914. The minimum atomic E-state index is -1.57. The molecule has 0 radical (unpaired) electrons. The highest BCUT2D eigenvalue weighted by Crippen LogP contribution is 2.22. The number of carbonyl (C=O) groups excluding carboxylic acids is 1. The summed E-state index contributed by atoms with van der Waals surface area (Å²) in [5.41, 5.74) is 0. The summed E-state index contributed by atoms with van der Waals surface area (Å²) in [5.74, 6) is -0.187. The molecule has 1 heterocycles. The summed E-state index contributed by atoms with van der Waals surface area (Å²) >= 11 is 0. The van der Waals surface area contributed by atoms with Crippen LogP contribution in [0.5, 0.6) is 0 Å². The number of aliphatic hydroxyl groups excluding tert-OH is 5. The van der Waals surface area contributed by atoms with Crippen molar-refractivity contribution in [1.29, 1.82) is 0 Å². The summed E-state index contributed by atoms with van der Waals surface area (Å²) in [6, 6.07) is -0.815. The summed E-state index contributed by atoms with van der Waals surface area (Å²) in [4.78, 5) is 12.9. The molecule has 1 rings (SSSR count). The third kappa shape index (κ3) is 27.9. The van der Waals surface area contributed by atoms with Gasteiger partial charge in [0.25, 0.3) is 0 Å². The molecule has 1 aliphatic heterocycles. The minimum absolute atomic E-state index is 0.187. The fourth-order valence-corrected chi connectivity index (χ4v) is 7.29. The van der Waals surface area contributed by atoms with Crippen molar-refractivity contribution >= 4 is 5.91 Å². The number of unbranched alkanes of at least 4 members (excludes halogenated alkanes) is 26. The van der Waals surface area contributed by atoms with Crippen LogP contribution in [0.25, 0.3) is 0 Å². The molecule has 7 atom stereocenters. The summed E-state index contributed by atoms with van der Waals surface area (Å²) in [7, 11) is 0. The molecule has 0 aromatic carbocycles. The molecule has 0 saturated carbocycles. The first-order valence-electron chi connectivity index (χ1n) is 23.1. The summed E-state index contributed by atoms with van der Waals surface area (Å²) in [6.07, 6.45) is 36.5. The van der Waals surface area contributed by atoms with Crippen molar-refractivity contribution in [3.8, 4) is 0 Å². The van der Waals surface area contributed by atoms with Crippen LogP contribution in [0.3, 0.4) is 0 Å². The Morgan fingerprint density at radius 3 is 1.53 bits per heavy atom. The monoisotopic (exact) mass is 782 g/mol. The van der Waals surface area contributed by atoms with Crippen LogP contribution in [0, 0.1) is 0 Å². The first-order chi connectivity index (χ1) is 26.8. The molecule has 1 amide bonds. The fraction of sp³-hybridized carbons (Fsp3) is 0.891. The third-order valence-electron chi connectivity index (χ3n) is 11.0. The SMILES string of the molecule is CCCCCCCCCCCCCCCC/C=C/CC/C=C/C(O)C(COC1OC(CO)C(O)C(O)C1O)NC(=O)CCCCCCCCCCCCCC. The summed E-state index contributed by atoms with van der Waals surface area (Å²) < 4.78 is 11.2. The first-order valence-corrected chi connectivity index (χ1v) is 23.1. The van der Waals surface area contributed by atoms with E-state index in [0.29, 0.717) is 6.42 Å². The molecule has 1 aliphatic rings. The van der Waals surface area contributed by atoms with Crippen molar-refractivity contribution in [3.05, 3.63) is 24.3 Å². The van der Waals surface area contributed by atoms with Crippen molar-refractivity contribution in [3.63, 3.8) is 0 Å². The van der Waals surface area contributed by atoms with E-state index in [4.69, 9.17) is 9.47 Å².